The van der Waals surface area contributed by atoms with E-state index in [-0.39, 0.29) is 31.1 Å². The summed E-state index contributed by atoms with van der Waals surface area (Å²) < 4.78 is 16.9. The second kappa shape index (κ2) is 66.6. The van der Waals surface area contributed by atoms with Crippen LogP contribution in [-0.2, 0) is 28.6 Å². The van der Waals surface area contributed by atoms with Crippen molar-refractivity contribution in [2.45, 2.75) is 322 Å². The standard InChI is InChI=1S/C73H124O6/c1-4-7-10-13-16-19-22-25-28-30-31-32-33-34-35-36-37-38-39-40-41-43-45-48-51-54-57-60-63-66-72(75)78-69-70(68-77-71(74)65-62-59-56-53-50-47-44-27-24-21-18-15-12-9-6-3)79-73(76)67-64-61-58-55-52-49-46-42-29-26-23-20-17-14-11-8-5-2/h7,10,16,19,25-29,31-32,34-35,37-38,40-41,44,70H,4-6,8-9,11-15,17-18,20-24,30,33,36,39,42-43,45-69H2,1-3H3/b10-7-,19-16-,28-25-,29-26-,32-31-,35-34-,38-37-,41-40-,44-27-. The highest BCUT2D eigenvalue weighted by atomic mass is 16.6. The zero-order valence-electron chi connectivity index (χ0n) is 51.9. The molecule has 0 rings (SSSR count). The van der Waals surface area contributed by atoms with Gasteiger partial charge >= 0.3 is 17.9 Å². The number of hydrogen-bond donors (Lipinski definition) is 0. The zero-order valence-corrected chi connectivity index (χ0v) is 51.9. The molecule has 0 aromatic rings. The highest BCUT2D eigenvalue weighted by Crippen LogP contribution is 2.16. The Kier molecular flexibility index (Phi) is 63.3. The van der Waals surface area contributed by atoms with Crippen molar-refractivity contribution in [3.63, 3.8) is 0 Å². The van der Waals surface area contributed by atoms with E-state index in [1.165, 1.54) is 161 Å². The van der Waals surface area contributed by atoms with Crippen LogP contribution in [0, 0.1) is 0 Å². The molecule has 1 unspecified atom stereocenters. The van der Waals surface area contributed by atoms with Gasteiger partial charge in [-0.1, -0.05) is 278 Å². The first-order valence-electron chi connectivity index (χ1n) is 33.4. The average molecular weight is 1100 g/mol. The lowest BCUT2D eigenvalue weighted by Crippen LogP contribution is -2.30. The lowest BCUT2D eigenvalue weighted by atomic mass is 10.1. The SMILES string of the molecule is CC/C=C\C/C=C\C/C=C\C/C=C\C/C=C\C/C=C\C/C=C\CCCCCCCCCC(=O)OCC(COC(=O)CCCCCCC/C=C\CCCCCCCC)OC(=O)CCCCCCCCC/C=C\CCCCCCCC. The van der Waals surface area contributed by atoms with Gasteiger partial charge in [-0.15, -0.1) is 0 Å². The summed E-state index contributed by atoms with van der Waals surface area (Å²) in [5, 5.41) is 0. The summed E-state index contributed by atoms with van der Waals surface area (Å²) in [5.74, 6) is -0.901. The van der Waals surface area contributed by atoms with Gasteiger partial charge in [-0.05, 0) is 128 Å². The molecule has 0 amide bonds. The van der Waals surface area contributed by atoms with E-state index in [9.17, 15) is 14.4 Å². The topological polar surface area (TPSA) is 78.9 Å². The van der Waals surface area contributed by atoms with Crippen molar-refractivity contribution in [3.8, 4) is 0 Å². The number of carbonyl (C=O) groups is 3. The molecule has 452 valence electrons. The maximum absolute atomic E-state index is 12.9. The molecule has 0 aliphatic heterocycles. The maximum atomic E-state index is 12.9. The van der Waals surface area contributed by atoms with Gasteiger partial charge in [0, 0.05) is 19.3 Å². The number of esters is 3. The van der Waals surface area contributed by atoms with Crippen LogP contribution in [0.4, 0.5) is 0 Å². The highest BCUT2D eigenvalue weighted by molar-refractivity contribution is 5.71. The molecule has 79 heavy (non-hydrogen) atoms. The summed E-state index contributed by atoms with van der Waals surface area (Å²) in [6.07, 6.45) is 90.9. The molecule has 0 bridgehead atoms. The number of hydrogen-bond acceptors (Lipinski definition) is 6. The summed E-state index contributed by atoms with van der Waals surface area (Å²) in [4.78, 5) is 38.4. The Morgan fingerprint density at radius 3 is 0.785 bits per heavy atom. The molecule has 0 aromatic carbocycles. The molecule has 1 atom stereocenters. The molecular formula is C73H124O6. The van der Waals surface area contributed by atoms with Crippen LogP contribution in [0.2, 0.25) is 0 Å². The van der Waals surface area contributed by atoms with E-state index in [1.54, 1.807) is 0 Å². The lowest BCUT2D eigenvalue weighted by molar-refractivity contribution is -0.167. The van der Waals surface area contributed by atoms with Crippen molar-refractivity contribution >= 4 is 17.9 Å². The Morgan fingerprint density at radius 2 is 0.494 bits per heavy atom. The summed E-state index contributed by atoms with van der Waals surface area (Å²) in [7, 11) is 0. The Bertz CT molecular complexity index is 1590. The molecule has 0 saturated carbocycles. The van der Waals surface area contributed by atoms with Gasteiger partial charge in [-0.3, -0.25) is 14.4 Å². The fourth-order valence-electron chi connectivity index (χ4n) is 9.24. The Hall–Kier alpha value is -3.93. The predicted molar refractivity (Wildman–Crippen MR) is 343 cm³/mol. The summed E-state index contributed by atoms with van der Waals surface area (Å²) in [6.45, 7) is 6.52. The fourth-order valence-corrected chi connectivity index (χ4v) is 9.24. The molecule has 0 spiro atoms. The van der Waals surface area contributed by atoms with Gasteiger partial charge < -0.3 is 14.2 Å². The van der Waals surface area contributed by atoms with Crippen LogP contribution < -0.4 is 0 Å². The van der Waals surface area contributed by atoms with E-state index < -0.39 is 6.10 Å². The van der Waals surface area contributed by atoms with E-state index in [0.29, 0.717) is 19.3 Å². The third-order valence-electron chi connectivity index (χ3n) is 14.2. The predicted octanol–water partition coefficient (Wildman–Crippen LogP) is 23.0. The van der Waals surface area contributed by atoms with E-state index in [4.69, 9.17) is 14.2 Å². The second-order valence-corrected chi connectivity index (χ2v) is 22.0. The van der Waals surface area contributed by atoms with Crippen molar-refractivity contribution in [2.75, 3.05) is 13.2 Å². The summed E-state index contributed by atoms with van der Waals surface area (Å²) in [6, 6.07) is 0. The lowest BCUT2D eigenvalue weighted by Gasteiger charge is -2.18. The van der Waals surface area contributed by atoms with Crippen molar-refractivity contribution in [1.29, 1.82) is 0 Å². The zero-order chi connectivity index (χ0) is 57.1. The second-order valence-electron chi connectivity index (χ2n) is 22.0. The molecule has 0 aliphatic carbocycles. The van der Waals surface area contributed by atoms with Crippen molar-refractivity contribution in [3.05, 3.63) is 109 Å². The van der Waals surface area contributed by atoms with E-state index in [2.05, 4.69) is 130 Å². The molecule has 0 fully saturated rings. The van der Waals surface area contributed by atoms with Crippen LogP contribution in [0.15, 0.2) is 109 Å². The number of ether oxygens (including phenoxy) is 3. The first kappa shape index (κ1) is 75.1. The number of allylic oxidation sites excluding steroid dienone is 18. The van der Waals surface area contributed by atoms with Gasteiger partial charge in [-0.2, -0.15) is 0 Å². The fraction of sp³-hybridized carbons (Fsp3) is 0.712. The average Bonchev–Trinajstić information content (AvgIpc) is 3.45. The Labute approximate surface area is 489 Å². The van der Waals surface area contributed by atoms with Crippen LogP contribution in [0.3, 0.4) is 0 Å². The monoisotopic (exact) mass is 1100 g/mol. The van der Waals surface area contributed by atoms with Crippen molar-refractivity contribution in [1.82, 2.24) is 0 Å². The first-order chi connectivity index (χ1) is 39.0. The minimum atomic E-state index is -0.791. The summed E-state index contributed by atoms with van der Waals surface area (Å²) >= 11 is 0. The van der Waals surface area contributed by atoms with E-state index in [0.717, 1.165) is 116 Å². The first-order valence-corrected chi connectivity index (χ1v) is 33.4. The molecule has 0 aliphatic rings. The number of unbranched alkanes of at least 4 members (excludes halogenated alkanes) is 31. The van der Waals surface area contributed by atoms with Gasteiger partial charge in [0.25, 0.3) is 0 Å². The van der Waals surface area contributed by atoms with Gasteiger partial charge in [0.2, 0.25) is 0 Å². The van der Waals surface area contributed by atoms with Gasteiger partial charge in [0.1, 0.15) is 13.2 Å². The molecule has 6 nitrogen and oxygen atoms in total. The minimum absolute atomic E-state index is 0.0869. The number of carbonyl (C=O) groups excluding carboxylic acids is 3. The van der Waals surface area contributed by atoms with Crippen molar-refractivity contribution < 1.29 is 28.6 Å². The van der Waals surface area contributed by atoms with E-state index in [1.807, 2.05) is 0 Å². The van der Waals surface area contributed by atoms with Crippen molar-refractivity contribution in [2.24, 2.45) is 0 Å². The molecule has 6 heteroatoms. The smallest absolute Gasteiger partial charge is 0.306 e. The number of rotatable bonds is 60. The minimum Gasteiger partial charge on any atom is -0.462 e. The summed E-state index contributed by atoms with van der Waals surface area (Å²) in [5.41, 5.74) is 0. The molecule has 0 N–H and O–H groups in total. The van der Waals surface area contributed by atoms with Crippen LogP contribution in [0.5, 0.6) is 0 Å². The quantitative estimate of drug-likeness (QED) is 0.0261. The molecule has 0 heterocycles. The van der Waals surface area contributed by atoms with Crippen LogP contribution in [0.1, 0.15) is 316 Å². The normalized spacial score (nSPS) is 12.8. The van der Waals surface area contributed by atoms with Crippen LogP contribution >= 0.6 is 0 Å². The van der Waals surface area contributed by atoms with Gasteiger partial charge in [0.05, 0.1) is 0 Å². The largest absolute Gasteiger partial charge is 0.462 e. The Morgan fingerprint density at radius 1 is 0.266 bits per heavy atom. The molecular weight excluding hydrogens is 973 g/mol. The van der Waals surface area contributed by atoms with Crippen LogP contribution in [-0.4, -0.2) is 37.2 Å². The van der Waals surface area contributed by atoms with E-state index >= 15 is 0 Å². The van der Waals surface area contributed by atoms with Gasteiger partial charge in [-0.25, -0.2) is 0 Å². The van der Waals surface area contributed by atoms with Gasteiger partial charge in [0.15, 0.2) is 6.10 Å². The molecule has 0 aromatic heterocycles. The molecule has 0 saturated heterocycles. The third kappa shape index (κ3) is 64.8. The maximum Gasteiger partial charge on any atom is 0.306 e. The highest BCUT2D eigenvalue weighted by Gasteiger charge is 2.19. The third-order valence-corrected chi connectivity index (χ3v) is 14.2. The van der Waals surface area contributed by atoms with Crippen LogP contribution in [0.25, 0.3) is 0 Å². The Balaban J connectivity index is 4.36. The molecule has 0 radical (unpaired) electrons.